The molecule has 1 fully saturated rings. The van der Waals surface area contributed by atoms with E-state index in [-0.39, 0.29) is 36.8 Å². The second-order valence-electron chi connectivity index (χ2n) is 3.81. The molecule has 7 nitrogen and oxygen atoms in total. The van der Waals surface area contributed by atoms with Crippen LogP contribution in [0.25, 0.3) is 11.2 Å². The van der Waals surface area contributed by atoms with E-state index >= 15 is 0 Å². The van der Waals surface area contributed by atoms with Crippen LogP contribution < -0.4 is 11.5 Å². The normalized spacial score (nSPS) is 18.3. The lowest BCUT2D eigenvalue weighted by molar-refractivity contribution is 0.187. The van der Waals surface area contributed by atoms with Gasteiger partial charge in [-0.25, -0.2) is 4.98 Å². The summed E-state index contributed by atoms with van der Waals surface area (Å²) in [6.07, 6.45) is 2.67. The molecule has 1 saturated heterocycles. The Morgan fingerprint density at radius 3 is 2.72 bits per heavy atom. The van der Waals surface area contributed by atoms with Gasteiger partial charge in [-0.05, 0) is 6.42 Å². The Morgan fingerprint density at radius 1 is 1.28 bits per heavy atom. The molecular formula is C9H14Cl2N6O. The van der Waals surface area contributed by atoms with Crippen molar-refractivity contribution in [2.24, 2.45) is 0 Å². The monoisotopic (exact) mass is 292 g/mol. The minimum absolute atomic E-state index is 0. The Bertz CT molecular complexity index is 539. The molecule has 0 saturated carbocycles. The minimum Gasteiger partial charge on any atom is -0.382 e. The van der Waals surface area contributed by atoms with E-state index in [0.717, 1.165) is 13.0 Å². The van der Waals surface area contributed by atoms with E-state index in [9.17, 15) is 0 Å². The molecule has 0 amide bonds. The number of nitrogens with two attached hydrogens (primary N) is 2. The number of fused-ring (bicyclic) bond motifs is 1. The largest absolute Gasteiger partial charge is 0.382 e. The number of nitrogen functional groups attached to an aromatic ring is 2. The molecule has 18 heavy (non-hydrogen) atoms. The van der Waals surface area contributed by atoms with Gasteiger partial charge in [-0.15, -0.1) is 24.8 Å². The summed E-state index contributed by atoms with van der Waals surface area (Å²) in [5.74, 6) is 0.492. The molecule has 2 aromatic heterocycles. The molecule has 1 aliphatic heterocycles. The first kappa shape index (κ1) is 14.7. The summed E-state index contributed by atoms with van der Waals surface area (Å²) in [6, 6.07) is 0.263. The van der Waals surface area contributed by atoms with Crippen molar-refractivity contribution in [2.75, 3.05) is 24.7 Å². The third-order valence-electron chi connectivity index (χ3n) is 2.76. The molecule has 4 N–H and O–H groups in total. The van der Waals surface area contributed by atoms with Crippen molar-refractivity contribution in [3.63, 3.8) is 0 Å². The van der Waals surface area contributed by atoms with Gasteiger partial charge >= 0.3 is 0 Å². The van der Waals surface area contributed by atoms with Crippen molar-refractivity contribution >= 4 is 47.7 Å². The smallest absolute Gasteiger partial charge is 0.224 e. The number of anilines is 2. The second kappa shape index (κ2) is 5.55. The summed E-state index contributed by atoms with van der Waals surface area (Å²) in [5, 5.41) is 0. The first-order chi connectivity index (χ1) is 7.75. The number of hydrogen-bond donors (Lipinski definition) is 2. The first-order valence-electron chi connectivity index (χ1n) is 5.09. The predicted octanol–water partition coefficient (Wildman–Crippen LogP) is 0.796. The number of imidazole rings is 1. The Morgan fingerprint density at radius 2 is 2.06 bits per heavy atom. The van der Waals surface area contributed by atoms with Crippen LogP contribution in [-0.2, 0) is 4.74 Å². The van der Waals surface area contributed by atoms with Gasteiger partial charge in [0.25, 0.3) is 0 Å². The summed E-state index contributed by atoms with van der Waals surface area (Å²) in [6.45, 7) is 1.44. The molecule has 0 aromatic carbocycles. The van der Waals surface area contributed by atoms with E-state index in [1.54, 1.807) is 6.33 Å². The number of aromatic nitrogens is 4. The zero-order chi connectivity index (χ0) is 11.1. The van der Waals surface area contributed by atoms with Gasteiger partial charge in [0.2, 0.25) is 5.95 Å². The highest BCUT2D eigenvalue weighted by atomic mass is 35.5. The van der Waals surface area contributed by atoms with Crippen LogP contribution in [0, 0.1) is 0 Å². The molecule has 3 rings (SSSR count). The third-order valence-corrected chi connectivity index (χ3v) is 2.76. The van der Waals surface area contributed by atoms with Gasteiger partial charge in [-0.1, -0.05) is 0 Å². The average Bonchev–Trinajstić information content (AvgIpc) is 2.83. The molecular weight excluding hydrogens is 279 g/mol. The van der Waals surface area contributed by atoms with Crippen molar-refractivity contribution in [1.29, 1.82) is 0 Å². The van der Waals surface area contributed by atoms with Gasteiger partial charge in [-0.3, -0.25) is 0 Å². The van der Waals surface area contributed by atoms with Crippen LogP contribution in [0.5, 0.6) is 0 Å². The standard InChI is InChI=1S/C9H12N6O.2ClH/c10-7-6-8(14-9(11)13-7)15(4-12-6)5-1-2-16-3-5;;/h4-5H,1-3H2,(H4,10,11,13,14);2*1H. The molecule has 0 spiro atoms. The summed E-state index contributed by atoms with van der Waals surface area (Å²) in [7, 11) is 0. The van der Waals surface area contributed by atoms with Crippen LogP contribution in [-0.4, -0.2) is 32.7 Å². The lowest BCUT2D eigenvalue weighted by atomic mass is 10.2. The van der Waals surface area contributed by atoms with Crippen LogP contribution in [0.3, 0.4) is 0 Å². The second-order valence-corrected chi connectivity index (χ2v) is 3.81. The molecule has 3 heterocycles. The number of halogens is 2. The van der Waals surface area contributed by atoms with E-state index in [4.69, 9.17) is 16.2 Å². The van der Waals surface area contributed by atoms with Gasteiger partial charge in [0.15, 0.2) is 11.5 Å². The van der Waals surface area contributed by atoms with E-state index in [1.165, 1.54) is 0 Å². The molecule has 2 aromatic rings. The van der Waals surface area contributed by atoms with Gasteiger partial charge in [-0.2, -0.15) is 9.97 Å². The van der Waals surface area contributed by atoms with Crippen molar-refractivity contribution in [1.82, 2.24) is 19.5 Å². The van der Waals surface area contributed by atoms with Gasteiger partial charge in [0, 0.05) is 6.61 Å². The number of nitrogens with zero attached hydrogens (tertiary/aromatic N) is 4. The van der Waals surface area contributed by atoms with Crippen LogP contribution in [0.2, 0.25) is 0 Å². The van der Waals surface area contributed by atoms with Crippen molar-refractivity contribution in [2.45, 2.75) is 12.5 Å². The van der Waals surface area contributed by atoms with E-state index < -0.39 is 0 Å². The Kier molecular flexibility index (Phi) is 4.55. The Labute approximate surface area is 116 Å². The highest BCUT2D eigenvalue weighted by molar-refractivity contribution is 5.85. The van der Waals surface area contributed by atoms with Crippen LogP contribution in [0.15, 0.2) is 6.33 Å². The fourth-order valence-electron chi connectivity index (χ4n) is 1.96. The zero-order valence-electron chi connectivity index (χ0n) is 9.44. The topological polar surface area (TPSA) is 105 Å². The molecule has 1 aliphatic rings. The highest BCUT2D eigenvalue weighted by Gasteiger charge is 2.21. The lowest BCUT2D eigenvalue weighted by Gasteiger charge is -2.09. The van der Waals surface area contributed by atoms with Gasteiger partial charge < -0.3 is 20.8 Å². The quantitative estimate of drug-likeness (QED) is 0.805. The highest BCUT2D eigenvalue weighted by Crippen LogP contribution is 2.25. The number of rotatable bonds is 1. The molecule has 0 aliphatic carbocycles. The Balaban J connectivity index is 0.000000810. The van der Waals surface area contributed by atoms with Crippen molar-refractivity contribution in [3.05, 3.63) is 6.33 Å². The summed E-state index contributed by atoms with van der Waals surface area (Å²) >= 11 is 0. The van der Waals surface area contributed by atoms with E-state index in [1.807, 2.05) is 4.57 Å². The van der Waals surface area contributed by atoms with Crippen molar-refractivity contribution < 1.29 is 4.74 Å². The van der Waals surface area contributed by atoms with Crippen LogP contribution >= 0.6 is 24.8 Å². The molecule has 100 valence electrons. The minimum atomic E-state index is 0. The van der Waals surface area contributed by atoms with Gasteiger partial charge in [0.05, 0.1) is 19.0 Å². The predicted molar refractivity (Wildman–Crippen MR) is 73.1 cm³/mol. The maximum Gasteiger partial charge on any atom is 0.224 e. The SMILES string of the molecule is Cl.Cl.Nc1nc(N)c2ncn(C3CCOC3)c2n1. The molecule has 0 radical (unpaired) electrons. The fraction of sp³-hybridized carbons (Fsp3) is 0.444. The third kappa shape index (κ3) is 2.29. The van der Waals surface area contributed by atoms with Crippen LogP contribution in [0.1, 0.15) is 12.5 Å². The fourth-order valence-corrected chi connectivity index (χ4v) is 1.96. The molecule has 1 unspecified atom stereocenters. The van der Waals surface area contributed by atoms with Crippen LogP contribution in [0.4, 0.5) is 11.8 Å². The first-order valence-corrected chi connectivity index (χ1v) is 5.09. The number of hydrogen-bond acceptors (Lipinski definition) is 6. The summed E-state index contributed by atoms with van der Waals surface area (Å²) < 4.78 is 7.29. The zero-order valence-corrected chi connectivity index (χ0v) is 11.1. The average molecular weight is 293 g/mol. The van der Waals surface area contributed by atoms with E-state index in [2.05, 4.69) is 15.0 Å². The summed E-state index contributed by atoms with van der Waals surface area (Å²) in [4.78, 5) is 12.3. The maximum absolute atomic E-state index is 5.73. The lowest BCUT2D eigenvalue weighted by Crippen LogP contribution is -2.09. The Hall–Kier alpha value is -1.31. The number of ether oxygens (including phenoxy) is 1. The molecule has 1 atom stereocenters. The summed E-state index contributed by atoms with van der Waals surface area (Å²) in [5.41, 5.74) is 12.6. The van der Waals surface area contributed by atoms with Gasteiger partial charge in [0.1, 0.15) is 5.52 Å². The maximum atomic E-state index is 5.73. The van der Waals surface area contributed by atoms with E-state index in [0.29, 0.717) is 23.6 Å². The van der Waals surface area contributed by atoms with Crippen molar-refractivity contribution in [3.8, 4) is 0 Å². The molecule has 0 bridgehead atoms. The molecule has 9 heteroatoms.